The van der Waals surface area contributed by atoms with E-state index in [0.717, 1.165) is 11.3 Å². The summed E-state index contributed by atoms with van der Waals surface area (Å²) in [6.07, 6.45) is 1.32. The molecule has 5 rings (SSSR count). The summed E-state index contributed by atoms with van der Waals surface area (Å²) in [6.45, 7) is 4.73. The van der Waals surface area contributed by atoms with Crippen LogP contribution < -0.4 is 19.9 Å². The van der Waals surface area contributed by atoms with Crippen LogP contribution in [0.5, 0.6) is 23.1 Å². The number of rotatable bonds is 8. The zero-order valence-electron chi connectivity index (χ0n) is 20.2. The van der Waals surface area contributed by atoms with Gasteiger partial charge >= 0.3 is 0 Å². The fourth-order valence-corrected chi connectivity index (χ4v) is 3.97. The van der Waals surface area contributed by atoms with Crippen LogP contribution in [-0.2, 0) is 16.0 Å². The number of nitrogens with zero attached hydrogens (tertiary/aromatic N) is 3. The second-order valence-corrected chi connectivity index (χ2v) is 8.87. The normalized spacial score (nSPS) is 16.8. The summed E-state index contributed by atoms with van der Waals surface area (Å²) < 4.78 is 45.0. The molecule has 2 aromatic carbocycles. The van der Waals surface area contributed by atoms with Crippen LogP contribution in [0.25, 0.3) is 11.0 Å². The van der Waals surface area contributed by atoms with Gasteiger partial charge in [0.05, 0.1) is 20.3 Å². The van der Waals surface area contributed by atoms with E-state index < -0.39 is 11.6 Å². The van der Waals surface area contributed by atoms with Crippen molar-refractivity contribution in [3.63, 3.8) is 0 Å². The Kier molecular flexibility index (Phi) is 6.38. The van der Waals surface area contributed by atoms with Crippen molar-refractivity contribution in [2.45, 2.75) is 32.3 Å². The molecule has 188 valence electrons. The molecule has 0 radical (unpaired) electrons. The summed E-state index contributed by atoms with van der Waals surface area (Å²) in [7, 11) is 1.62. The maximum Gasteiger partial charge on any atom is 0.246 e. The zero-order valence-corrected chi connectivity index (χ0v) is 20.2. The van der Waals surface area contributed by atoms with Crippen molar-refractivity contribution in [1.29, 1.82) is 0 Å². The van der Waals surface area contributed by atoms with Gasteiger partial charge < -0.3 is 29.4 Å². The average molecular weight is 495 g/mol. The number of benzene rings is 2. The Hall–Kier alpha value is -3.89. The highest BCUT2D eigenvalue weighted by Gasteiger charge is 2.33. The molecule has 3 heterocycles. The van der Waals surface area contributed by atoms with Gasteiger partial charge in [0.2, 0.25) is 5.88 Å². The summed E-state index contributed by atoms with van der Waals surface area (Å²) in [4.78, 5) is 4.52. The van der Waals surface area contributed by atoms with Gasteiger partial charge in [-0.2, -0.15) is 0 Å². The number of hydrogen-bond acceptors (Lipinski definition) is 8. The van der Waals surface area contributed by atoms with Gasteiger partial charge in [-0.15, -0.1) is 5.10 Å². The lowest BCUT2D eigenvalue weighted by Gasteiger charge is -2.17. The first-order valence-electron chi connectivity index (χ1n) is 11.5. The molecule has 1 aliphatic heterocycles. The van der Waals surface area contributed by atoms with Crippen molar-refractivity contribution in [3.05, 3.63) is 66.1 Å². The minimum absolute atomic E-state index is 0.0276. The van der Waals surface area contributed by atoms with Crippen molar-refractivity contribution in [1.82, 2.24) is 14.8 Å². The van der Waals surface area contributed by atoms with Gasteiger partial charge in [0.25, 0.3) is 0 Å². The number of hydrogen-bond donors (Lipinski definition) is 1. The van der Waals surface area contributed by atoms with E-state index in [-0.39, 0.29) is 18.5 Å². The third kappa shape index (κ3) is 5.05. The molecule has 10 heteroatoms. The quantitative estimate of drug-likeness (QED) is 0.357. The van der Waals surface area contributed by atoms with Crippen LogP contribution in [0.1, 0.15) is 19.4 Å². The van der Waals surface area contributed by atoms with Gasteiger partial charge in [-0.25, -0.2) is 14.1 Å². The second-order valence-electron chi connectivity index (χ2n) is 8.87. The Morgan fingerprint density at radius 3 is 2.64 bits per heavy atom. The summed E-state index contributed by atoms with van der Waals surface area (Å²) in [5, 5.41) is 5.19. The second kappa shape index (κ2) is 9.63. The van der Waals surface area contributed by atoms with E-state index in [1.807, 2.05) is 38.1 Å². The minimum Gasteiger partial charge on any atom is -0.497 e. The predicted molar refractivity (Wildman–Crippen MR) is 131 cm³/mol. The van der Waals surface area contributed by atoms with Crippen LogP contribution in [-0.4, -0.2) is 47.0 Å². The number of anilines is 1. The first kappa shape index (κ1) is 23.8. The Morgan fingerprint density at radius 2 is 1.94 bits per heavy atom. The van der Waals surface area contributed by atoms with Crippen LogP contribution >= 0.6 is 0 Å². The molecule has 0 spiro atoms. The first-order chi connectivity index (χ1) is 17.3. The van der Waals surface area contributed by atoms with Crippen LogP contribution in [0.3, 0.4) is 0 Å². The third-order valence-corrected chi connectivity index (χ3v) is 5.70. The molecule has 1 aliphatic rings. The maximum absolute atomic E-state index is 14.5. The average Bonchev–Trinajstić information content (AvgIpc) is 3.39. The molecule has 1 atom stereocenters. The van der Waals surface area contributed by atoms with Gasteiger partial charge in [0.15, 0.2) is 23.0 Å². The van der Waals surface area contributed by atoms with Crippen molar-refractivity contribution in [2.75, 3.05) is 26.1 Å². The van der Waals surface area contributed by atoms with Crippen molar-refractivity contribution >= 4 is 16.7 Å². The molecule has 0 aliphatic carbocycles. The number of nitrogens with two attached hydrogens (primary N) is 1. The number of fused-ring (bicyclic) bond motifs is 1. The number of halogens is 1. The number of nitrogen functional groups attached to an aromatic ring is 1. The molecular formula is C26H27FN4O5. The molecule has 1 fully saturated rings. The van der Waals surface area contributed by atoms with Gasteiger partial charge in [-0.3, -0.25) is 0 Å². The fraction of sp³-hybridized carbons (Fsp3) is 0.308. The largest absolute Gasteiger partial charge is 0.497 e. The number of aromatic nitrogens is 3. The van der Waals surface area contributed by atoms with E-state index in [0.29, 0.717) is 41.5 Å². The zero-order chi connectivity index (χ0) is 25.3. The van der Waals surface area contributed by atoms with Crippen molar-refractivity contribution in [3.8, 4) is 23.1 Å². The van der Waals surface area contributed by atoms with Gasteiger partial charge in [0, 0.05) is 24.0 Å². The summed E-state index contributed by atoms with van der Waals surface area (Å²) >= 11 is 0. The Balaban J connectivity index is 1.50. The van der Waals surface area contributed by atoms with E-state index in [1.165, 1.54) is 12.1 Å². The molecule has 36 heavy (non-hydrogen) atoms. The molecule has 4 aromatic rings. The molecular weight excluding hydrogens is 467 g/mol. The van der Waals surface area contributed by atoms with E-state index in [4.69, 9.17) is 29.4 Å². The molecule has 0 unspecified atom stereocenters. The lowest BCUT2D eigenvalue weighted by atomic mass is 10.2. The monoisotopic (exact) mass is 494 g/mol. The summed E-state index contributed by atoms with van der Waals surface area (Å²) in [5.74, 6) is 0.182. The van der Waals surface area contributed by atoms with Gasteiger partial charge in [0.1, 0.15) is 29.6 Å². The smallest absolute Gasteiger partial charge is 0.246 e. The van der Waals surface area contributed by atoms with E-state index in [2.05, 4.69) is 10.1 Å². The highest BCUT2D eigenvalue weighted by atomic mass is 19.1. The van der Waals surface area contributed by atoms with E-state index >= 15 is 0 Å². The highest BCUT2D eigenvalue weighted by Crippen LogP contribution is 2.37. The van der Waals surface area contributed by atoms with Crippen LogP contribution in [0.4, 0.5) is 10.1 Å². The molecule has 2 aromatic heterocycles. The van der Waals surface area contributed by atoms with Crippen LogP contribution in [0.15, 0.2) is 54.7 Å². The Morgan fingerprint density at radius 1 is 1.14 bits per heavy atom. The van der Waals surface area contributed by atoms with Gasteiger partial charge in [-0.1, -0.05) is 12.1 Å². The molecule has 0 bridgehead atoms. The lowest BCUT2D eigenvalue weighted by Crippen LogP contribution is -2.25. The summed E-state index contributed by atoms with van der Waals surface area (Å²) in [5.41, 5.74) is 7.49. The van der Waals surface area contributed by atoms with E-state index in [1.54, 1.807) is 30.1 Å². The Bertz CT molecular complexity index is 1370. The highest BCUT2D eigenvalue weighted by molar-refractivity contribution is 5.88. The van der Waals surface area contributed by atoms with Crippen molar-refractivity contribution < 1.29 is 28.1 Å². The molecule has 9 nitrogen and oxygen atoms in total. The molecule has 0 saturated carbocycles. The predicted octanol–water partition coefficient (Wildman–Crippen LogP) is 4.53. The topological polar surface area (TPSA) is 103 Å². The van der Waals surface area contributed by atoms with Crippen LogP contribution in [0, 0.1) is 5.82 Å². The SMILES string of the molecule is COc1ccc(Cn2nc(OC[C@@H]3COC(C)(C)O3)c3c(Oc4ccc(N)cc4F)ccnc32)cc1. The third-order valence-electron chi connectivity index (χ3n) is 5.70. The van der Waals surface area contributed by atoms with Gasteiger partial charge in [-0.05, 0) is 43.7 Å². The molecule has 2 N–H and O–H groups in total. The minimum atomic E-state index is -0.674. The summed E-state index contributed by atoms with van der Waals surface area (Å²) in [6, 6.07) is 13.5. The lowest BCUT2D eigenvalue weighted by molar-refractivity contribution is -0.141. The van der Waals surface area contributed by atoms with Crippen LogP contribution in [0.2, 0.25) is 0 Å². The number of pyridine rings is 1. The number of ether oxygens (including phenoxy) is 5. The molecule has 0 amide bonds. The Labute approximate surface area is 207 Å². The van der Waals surface area contributed by atoms with Crippen molar-refractivity contribution in [2.24, 2.45) is 0 Å². The first-order valence-corrected chi connectivity index (χ1v) is 11.5. The van der Waals surface area contributed by atoms with E-state index in [9.17, 15) is 4.39 Å². The molecule has 1 saturated heterocycles. The fourth-order valence-electron chi connectivity index (χ4n) is 3.97. The maximum atomic E-state index is 14.5. The number of methoxy groups -OCH3 is 1. The standard InChI is InChI=1S/C26H27FN4O5/c1-26(2)34-15-19(36-26)14-33-25-23-22(35-21-9-6-17(28)12-20(21)27)10-11-29-24(23)31(30-25)13-16-4-7-18(32-3)8-5-16/h4-12,19H,13-15,28H2,1-3H3/t19-/m1/s1.